The highest BCUT2D eigenvalue weighted by molar-refractivity contribution is 5.79. The lowest BCUT2D eigenvalue weighted by atomic mass is 9.69. The van der Waals surface area contributed by atoms with Crippen molar-refractivity contribution in [1.82, 2.24) is 0 Å². The zero-order valence-electron chi connectivity index (χ0n) is 9.02. The number of fused-ring (bicyclic) bond motifs is 3. The second-order valence-electron chi connectivity index (χ2n) is 4.80. The Morgan fingerprint density at radius 2 is 2.12 bits per heavy atom. The van der Waals surface area contributed by atoms with Gasteiger partial charge in [-0.2, -0.15) is 0 Å². The van der Waals surface area contributed by atoms with Gasteiger partial charge in [-0.15, -0.1) is 0 Å². The van der Waals surface area contributed by atoms with Gasteiger partial charge in [-0.3, -0.25) is 4.79 Å². The molecule has 0 spiro atoms. The first-order chi connectivity index (χ1) is 7.74. The lowest BCUT2D eigenvalue weighted by Gasteiger charge is -2.32. The average Bonchev–Trinajstić information content (AvgIpc) is 2.64. The van der Waals surface area contributed by atoms with Gasteiger partial charge in [0.05, 0.1) is 5.41 Å². The molecule has 2 aliphatic carbocycles. The third-order valence-electron chi connectivity index (χ3n) is 4.05. The highest BCUT2D eigenvalue weighted by Crippen LogP contribution is 2.53. The minimum Gasteiger partial charge on any atom is -0.481 e. The first-order valence-electron chi connectivity index (χ1n) is 5.70. The molecule has 1 N–H and O–H groups in total. The highest BCUT2D eigenvalue weighted by Gasteiger charge is 2.51. The van der Waals surface area contributed by atoms with E-state index in [9.17, 15) is 9.90 Å². The van der Waals surface area contributed by atoms with Crippen molar-refractivity contribution in [3.63, 3.8) is 0 Å². The van der Waals surface area contributed by atoms with Crippen LogP contribution in [0.15, 0.2) is 36.4 Å². The largest absolute Gasteiger partial charge is 0.481 e. The molecule has 82 valence electrons. The molecule has 1 aromatic carbocycles. The molecule has 2 aliphatic rings. The summed E-state index contributed by atoms with van der Waals surface area (Å²) < 4.78 is 0. The molecule has 0 saturated heterocycles. The van der Waals surface area contributed by atoms with E-state index in [2.05, 4.69) is 18.2 Å². The van der Waals surface area contributed by atoms with E-state index in [1.165, 1.54) is 11.1 Å². The molecule has 2 atom stereocenters. The summed E-state index contributed by atoms with van der Waals surface area (Å²) >= 11 is 0. The van der Waals surface area contributed by atoms with Gasteiger partial charge in [0.15, 0.2) is 0 Å². The Hall–Kier alpha value is -1.57. The molecule has 2 heteroatoms. The van der Waals surface area contributed by atoms with Crippen LogP contribution in [0.2, 0.25) is 0 Å². The monoisotopic (exact) mass is 214 g/mol. The Balaban J connectivity index is 2.14. The normalized spacial score (nSPS) is 30.9. The maximum absolute atomic E-state index is 11.6. The van der Waals surface area contributed by atoms with E-state index in [1.54, 1.807) is 0 Å². The van der Waals surface area contributed by atoms with Crippen molar-refractivity contribution in [3.05, 3.63) is 47.5 Å². The minimum atomic E-state index is -0.641. The van der Waals surface area contributed by atoms with Crippen LogP contribution in [0.3, 0.4) is 0 Å². The molecule has 0 aliphatic heterocycles. The molecule has 0 bridgehead atoms. The van der Waals surface area contributed by atoms with E-state index in [-0.39, 0.29) is 5.92 Å². The number of carboxylic acids is 1. The van der Waals surface area contributed by atoms with Crippen molar-refractivity contribution in [3.8, 4) is 0 Å². The van der Waals surface area contributed by atoms with E-state index >= 15 is 0 Å². The summed E-state index contributed by atoms with van der Waals surface area (Å²) in [6, 6.07) is 8.16. The molecule has 2 nitrogen and oxygen atoms in total. The zero-order chi connectivity index (χ0) is 11.2. The maximum atomic E-state index is 11.6. The Morgan fingerprint density at radius 3 is 2.94 bits per heavy atom. The van der Waals surface area contributed by atoms with Crippen molar-refractivity contribution in [2.75, 3.05) is 0 Å². The SMILES string of the molecule is O=C(O)[C@@]12CC=CC[C@@H]1c1ccccc1C2. The number of allylic oxidation sites excluding steroid dienone is 2. The van der Waals surface area contributed by atoms with Crippen molar-refractivity contribution in [2.24, 2.45) is 5.41 Å². The third kappa shape index (κ3) is 1.10. The quantitative estimate of drug-likeness (QED) is 0.730. The minimum absolute atomic E-state index is 0.172. The molecule has 0 aromatic heterocycles. The summed E-state index contributed by atoms with van der Waals surface area (Å²) in [5, 5.41) is 9.54. The second-order valence-corrected chi connectivity index (χ2v) is 4.80. The van der Waals surface area contributed by atoms with Crippen LogP contribution in [0.1, 0.15) is 29.9 Å². The van der Waals surface area contributed by atoms with Crippen molar-refractivity contribution in [1.29, 1.82) is 0 Å². The van der Waals surface area contributed by atoms with Crippen LogP contribution in [0.5, 0.6) is 0 Å². The standard InChI is InChI=1S/C14H14O2/c15-13(16)14-8-4-3-7-12(14)11-6-2-1-5-10(11)9-14/h1-6,12H,7-9H2,(H,15,16)/t12-,14-/m1/s1. The average molecular weight is 214 g/mol. The topological polar surface area (TPSA) is 37.3 Å². The van der Waals surface area contributed by atoms with Gasteiger partial charge in [0.1, 0.15) is 0 Å². The van der Waals surface area contributed by atoms with Gasteiger partial charge in [-0.25, -0.2) is 0 Å². The molecule has 0 fully saturated rings. The summed E-state index contributed by atoms with van der Waals surface area (Å²) in [4.78, 5) is 11.6. The van der Waals surface area contributed by atoms with Crippen LogP contribution >= 0.6 is 0 Å². The molecule has 1 aromatic rings. The van der Waals surface area contributed by atoms with E-state index in [1.807, 2.05) is 18.2 Å². The van der Waals surface area contributed by atoms with Gasteiger partial charge in [-0.1, -0.05) is 36.4 Å². The summed E-state index contributed by atoms with van der Waals surface area (Å²) in [7, 11) is 0. The molecule has 0 amide bonds. The summed E-state index contributed by atoms with van der Waals surface area (Å²) in [5.41, 5.74) is 1.89. The number of rotatable bonds is 1. The second kappa shape index (κ2) is 3.21. The molecular weight excluding hydrogens is 200 g/mol. The van der Waals surface area contributed by atoms with Crippen LogP contribution in [0.25, 0.3) is 0 Å². The fourth-order valence-corrected chi connectivity index (χ4v) is 3.20. The molecule has 0 saturated carbocycles. The Kier molecular flexibility index (Phi) is 1.93. The molecule has 0 heterocycles. The number of carboxylic acid groups (broad SMARTS) is 1. The Labute approximate surface area is 94.6 Å². The van der Waals surface area contributed by atoms with Crippen molar-refractivity contribution < 1.29 is 9.90 Å². The molecular formula is C14H14O2. The van der Waals surface area contributed by atoms with E-state index in [0.29, 0.717) is 12.8 Å². The van der Waals surface area contributed by atoms with Crippen molar-refractivity contribution >= 4 is 5.97 Å². The predicted molar refractivity (Wildman–Crippen MR) is 61.3 cm³/mol. The van der Waals surface area contributed by atoms with Gasteiger partial charge in [0.25, 0.3) is 0 Å². The number of benzene rings is 1. The maximum Gasteiger partial charge on any atom is 0.310 e. The van der Waals surface area contributed by atoms with Gasteiger partial charge < -0.3 is 5.11 Å². The number of hydrogen-bond acceptors (Lipinski definition) is 1. The van der Waals surface area contributed by atoms with Crippen LogP contribution in [-0.2, 0) is 11.2 Å². The Morgan fingerprint density at radius 1 is 1.31 bits per heavy atom. The first kappa shape index (κ1) is 9.64. The van der Waals surface area contributed by atoms with E-state index in [4.69, 9.17) is 0 Å². The van der Waals surface area contributed by atoms with Crippen LogP contribution < -0.4 is 0 Å². The predicted octanol–water partition coefficient (Wildman–Crippen LogP) is 2.75. The van der Waals surface area contributed by atoms with Crippen LogP contribution in [0.4, 0.5) is 0 Å². The lowest BCUT2D eigenvalue weighted by molar-refractivity contribution is -0.150. The summed E-state index contributed by atoms with van der Waals surface area (Å²) in [5.74, 6) is -0.468. The molecule has 16 heavy (non-hydrogen) atoms. The number of hydrogen-bond donors (Lipinski definition) is 1. The van der Waals surface area contributed by atoms with Gasteiger partial charge >= 0.3 is 5.97 Å². The molecule has 3 rings (SSSR count). The third-order valence-corrected chi connectivity index (χ3v) is 4.05. The fourth-order valence-electron chi connectivity index (χ4n) is 3.20. The van der Waals surface area contributed by atoms with Crippen molar-refractivity contribution in [2.45, 2.75) is 25.2 Å². The van der Waals surface area contributed by atoms with E-state index in [0.717, 1.165) is 6.42 Å². The number of carbonyl (C=O) groups is 1. The lowest BCUT2D eigenvalue weighted by Crippen LogP contribution is -2.36. The van der Waals surface area contributed by atoms with Gasteiger partial charge in [0, 0.05) is 5.92 Å². The van der Waals surface area contributed by atoms with E-state index < -0.39 is 11.4 Å². The van der Waals surface area contributed by atoms with Crippen LogP contribution in [0, 0.1) is 5.41 Å². The molecule has 0 unspecified atom stereocenters. The zero-order valence-corrected chi connectivity index (χ0v) is 9.02. The summed E-state index contributed by atoms with van der Waals surface area (Å²) in [6.45, 7) is 0. The van der Waals surface area contributed by atoms with Crippen LogP contribution in [-0.4, -0.2) is 11.1 Å². The van der Waals surface area contributed by atoms with Gasteiger partial charge in [-0.05, 0) is 30.4 Å². The Bertz CT molecular complexity index is 475. The fraction of sp³-hybridized carbons (Fsp3) is 0.357. The smallest absolute Gasteiger partial charge is 0.310 e. The highest BCUT2D eigenvalue weighted by atomic mass is 16.4. The summed E-state index contributed by atoms with van der Waals surface area (Å²) in [6.07, 6.45) is 6.36. The number of aliphatic carboxylic acids is 1. The molecule has 0 radical (unpaired) electrons. The first-order valence-corrected chi connectivity index (χ1v) is 5.70. The van der Waals surface area contributed by atoms with Gasteiger partial charge in [0.2, 0.25) is 0 Å².